The zero-order valence-electron chi connectivity index (χ0n) is 12.7. The molecule has 1 saturated heterocycles. The van der Waals surface area contributed by atoms with Crippen molar-refractivity contribution in [3.05, 3.63) is 46.3 Å². The van der Waals surface area contributed by atoms with Crippen molar-refractivity contribution in [1.82, 2.24) is 10.2 Å². The average molecular weight is 300 g/mol. The zero-order valence-corrected chi connectivity index (χ0v) is 12.7. The van der Waals surface area contributed by atoms with Gasteiger partial charge in [0.05, 0.1) is 5.39 Å². The van der Waals surface area contributed by atoms with Crippen LogP contribution in [0.25, 0.3) is 11.0 Å². The van der Waals surface area contributed by atoms with Gasteiger partial charge in [0.2, 0.25) is 0 Å². The van der Waals surface area contributed by atoms with Crippen LogP contribution in [0.3, 0.4) is 0 Å². The van der Waals surface area contributed by atoms with E-state index in [4.69, 9.17) is 4.42 Å². The Kier molecular flexibility index (Phi) is 4.24. The van der Waals surface area contributed by atoms with E-state index in [-0.39, 0.29) is 17.1 Å². The molecule has 0 unspecified atom stereocenters. The fraction of sp³-hybridized carbons (Fsp3) is 0.412. The van der Waals surface area contributed by atoms with E-state index in [1.54, 1.807) is 24.3 Å². The maximum Gasteiger partial charge on any atom is 0.287 e. The van der Waals surface area contributed by atoms with E-state index in [9.17, 15) is 9.59 Å². The Morgan fingerprint density at radius 2 is 2.05 bits per heavy atom. The maximum absolute atomic E-state index is 12.2. The minimum Gasteiger partial charge on any atom is -0.451 e. The summed E-state index contributed by atoms with van der Waals surface area (Å²) in [6.45, 7) is 2.75. The van der Waals surface area contributed by atoms with Gasteiger partial charge in [0.25, 0.3) is 5.91 Å². The first kappa shape index (κ1) is 14.8. The minimum absolute atomic E-state index is 0.0802. The third kappa shape index (κ3) is 3.20. The van der Waals surface area contributed by atoms with Gasteiger partial charge in [-0.15, -0.1) is 0 Å². The average Bonchev–Trinajstić information content (AvgIpc) is 2.54. The predicted molar refractivity (Wildman–Crippen MR) is 85.0 cm³/mol. The lowest BCUT2D eigenvalue weighted by molar-refractivity contribution is 0.0912. The summed E-state index contributed by atoms with van der Waals surface area (Å²) in [6, 6.07) is 8.22. The van der Waals surface area contributed by atoms with Gasteiger partial charge in [-0.25, -0.2) is 0 Å². The molecule has 0 radical (unpaired) electrons. The summed E-state index contributed by atoms with van der Waals surface area (Å²) < 4.78 is 5.54. The van der Waals surface area contributed by atoms with Crippen LogP contribution in [0.4, 0.5) is 0 Å². The number of carbonyl (C=O) groups excluding carboxylic acids is 1. The van der Waals surface area contributed by atoms with Crippen LogP contribution in [0, 0.1) is 5.92 Å². The number of carbonyl (C=O) groups is 1. The van der Waals surface area contributed by atoms with Crippen LogP contribution in [0.1, 0.15) is 23.4 Å². The summed E-state index contributed by atoms with van der Waals surface area (Å²) in [5.74, 6) is 0.255. The van der Waals surface area contributed by atoms with Crippen LogP contribution in [0.5, 0.6) is 0 Å². The fourth-order valence-corrected chi connectivity index (χ4v) is 2.81. The number of benzene rings is 1. The lowest BCUT2D eigenvalue weighted by Gasteiger charge is -2.28. The molecule has 0 atom stereocenters. The second-order valence-electron chi connectivity index (χ2n) is 5.93. The van der Waals surface area contributed by atoms with Gasteiger partial charge in [0.1, 0.15) is 5.58 Å². The van der Waals surface area contributed by atoms with Gasteiger partial charge >= 0.3 is 0 Å². The first-order chi connectivity index (χ1) is 10.6. The number of fused-ring (bicyclic) bond motifs is 1. The fourth-order valence-electron chi connectivity index (χ4n) is 2.81. The van der Waals surface area contributed by atoms with Gasteiger partial charge in [-0.05, 0) is 51.0 Å². The molecule has 22 heavy (non-hydrogen) atoms. The highest BCUT2D eigenvalue weighted by Gasteiger charge is 2.18. The normalized spacial score (nSPS) is 16.8. The Labute approximate surface area is 128 Å². The van der Waals surface area contributed by atoms with Crippen molar-refractivity contribution >= 4 is 16.9 Å². The topological polar surface area (TPSA) is 62.6 Å². The highest BCUT2D eigenvalue weighted by molar-refractivity contribution is 5.93. The molecule has 1 N–H and O–H groups in total. The third-order valence-electron chi connectivity index (χ3n) is 4.25. The molecule has 116 valence electrons. The summed E-state index contributed by atoms with van der Waals surface area (Å²) in [6.07, 6.45) is 2.16. The number of hydrogen-bond acceptors (Lipinski definition) is 4. The Morgan fingerprint density at radius 1 is 1.32 bits per heavy atom. The quantitative estimate of drug-likeness (QED) is 0.940. The number of para-hydroxylation sites is 1. The van der Waals surface area contributed by atoms with Crippen molar-refractivity contribution < 1.29 is 9.21 Å². The monoisotopic (exact) mass is 300 g/mol. The molecule has 1 aromatic carbocycles. The molecular weight excluding hydrogens is 280 g/mol. The highest BCUT2D eigenvalue weighted by atomic mass is 16.3. The molecule has 2 aromatic rings. The van der Waals surface area contributed by atoms with Gasteiger partial charge in [0, 0.05) is 12.6 Å². The Bertz CT molecular complexity index is 730. The van der Waals surface area contributed by atoms with Gasteiger partial charge in [-0.3, -0.25) is 9.59 Å². The number of likely N-dealkylation sites (tertiary alicyclic amines) is 1. The molecule has 1 aliphatic rings. The van der Waals surface area contributed by atoms with Gasteiger partial charge in [0.15, 0.2) is 11.2 Å². The summed E-state index contributed by atoms with van der Waals surface area (Å²) in [5, 5.41) is 3.38. The van der Waals surface area contributed by atoms with E-state index in [1.165, 1.54) is 6.07 Å². The van der Waals surface area contributed by atoms with Crippen molar-refractivity contribution in [2.24, 2.45) is 5.92 Å². The molecular formula is C17H20N2O3. The molecule has 0 spiro atoms. The number of hydrogen-bond donors (Lipinski definition) is 1. The van der Waals surface area contributed by atoms with E-state index in [1.807, 2.05) is 0 Å². The predicted octanol–water partition coefficient (Wildman–Crippen LogP) is 1.86. The number of nitrogens with zero attached hydrogens (tertiary/aromatic N) is 1. The van der Waals surface area contributed by atoms with E-state index in [0.29, 0.717) is 23.4 Å². The first-order valence-electron chi connectivity index (χ1n) is 7.63. The Hall–Kier alpha value is -2.14. The molecule has 0 aliphatic carbocycles. The number of piperidine rings is 1. The summed E-state index contributed by atoms with van der Waals surface area (Å²) >= 11 is 0. The molecule has 1 aromatic heterocycles. The Morgan fingerprint density at radius 3 is 2.82 bits per heavy atom. The Balaban J connectivity index is 1.69. The summed E-state index contributed by atoms with van der Waals surface area (Å²) in [7, 11) is 2.11. The van der Waals surface area contributed by atoms with Crippen molar-refractivity contribution in [2.75, 3.05) is 26.7 Å². The van der Waals surface area contributed by atoms with Crippen LogP contribution < -0.4 is 10.7 Å². The van der Waals surface area contributed by atoms with Crippen molar-refractivity contribution in [2.45, 2.75) is 12.8 Å². The van der Waals surface area contributed by atoms with Gasteiger partial charge in [-0.1, -0.05) is 12.1 Å². The molecule has 5 nitrogen and oxygen atoms in total. The number of rotatable bonds is 3. The standard InChI is InChI=1S/C17H20N2O3/c1-19-8-6-12(7-9-19)11-18-17(21)16-10-14(20)13-4-2-3-5-15(13)22-16/h2-5,10,12H,6-9,11H2,1H3,(H,18,21). The summed E-state index contributed by atoms with van der Waals surface area (Å²) in [4.78, 5) is 26.5. The minimum atomic E-state index is -0.318. The largest absolute Gasteiger partial charge is 0.451 e. The maximum atomic E-state index is 12.2. The molecule has 1 fully saturated rings. The zero-order chi connectivity index (χ0) is 15.5. The van der Waals surface area contributed by atoms with Crippen LogP contribution in [-0.4, -0.2) is 37.5 Å². The molecule has 5 heteroatoms. The molecule has 1 amide bonds. The molecule has 3 rings (SSSR count). The highest BCUT2D eigenvalue weighted by Crippen LogP contribution is 2.15. The van der Waals surface area contributed by atoms with Gasteiger partial charge < -0.3 is 14.6 Å². The van der Waals surface area contributed by atoms with E-state index in [2.05, 4.69) is 17.3 Å². The lowest BCUT2D eigenvalue weighted by Crippen LogP contribution is -2.37. The number of amides is 1. The van der Waals surface area contributed by atoms with Crippen molar-refractivity contribution in [3.8, 4) is 0 Å². The van der Waals surface area contributed by atoms with Crippen LogP contribution >= 0.6 is 0 Å². The summed E-state index contributed by atoms with van der Waals surface area (Å²) in [5.41, 5.74) is 0.255. The molecule has 2 heterocycles. The van der Waals surface area contributed by atoms with E-state index < -0.39 is 0 Å². The second kappa shape index (κ2) is 6.32. The van der Waals surface area contributed by atoms with Gasteiger partial charge in [-0.2, -0.15) is 0 Å². The molecule has 0 bridgehead atoms. The van der Waals surface area contributed by atoms with E-state index in [0.717, 1.165) is 25.9 Å². The smallest absolute Gasteiger partial charge is 0.287 e. The first-order valence-corrected chi connectivity index (χ1v) is 7.63. The second-order valence-corrected chi connectivity index (χ2v) is 5.93. The molecule has 0 saturated carbocycles. The van der Waals surface area contributed by atoms with Crippen LogP contribution in [-0.2, 0) is 0 Å². The third-order valence-corrected chi connectivity index (χ3v) is 4.25. The van der Waals surface area contributed by atoms with Crippen molar-refractivity contribution in [1.29, 1.82) is 0 Å². The number of nitrogens with one attached hydrogen (secondary N) is 1. The lowest BCUT2D eigenvalue weighted by atomic mass is 9.97. The van der Waals surface area contributed by atoms with Crippen LogP contribution in [0.2, 0.25) is 0 Å². The molecule has 1 aliphatic heterocycles. The SMILES string of the molecule is CN1CCC(CNC(=O)c2cc(=O)c3ccccc3o2)CC1. The van der Waals surface area contributed by atoms with Crippen LogP contribution in [0.15, 0.2) is 39.5 Å². The van der Waals surface area contributed by atoms with E-state index >= 15 is 0 Å². The van der Waals surface area contributed by atoms with Crippen molar-refractivity contribution in [3.63, 3.8) is 0 Å².